The number of hydrogen-bond donors (Lipinski definition) is 0. The standard InChI is InChI=1S/C7H5FN2O4/c1-4-5(9(11)12)2-3-6(7(4)8)10(13)14/h2-3H,1H3. The maximum Gasteiger partial charge on any atom is 0.305 e. The Balaban J connectivity index is 3.41. The summed E-state index contributed by atoms with van der Waals surface area (Å²) in [7, 11) is 0. The lowest BCUT2D eigenvalue weighted by molar-refractivity contribution is -0.391. The molecule has 1 aromatic rings. The Morgan fingerprint density at radius 1 is 1.14 bits per heavy atom. The summed E-state index contributed by atoms with van der Waals surface area (Å²) in [5, 5.41) is 20.6. The molecule has 0 heterocycles. The van der Waals surface area contributed by atoms with Gasteiger partial charge < -0.3 is 0 Å². The van der Waals surface area contributed by atoms with Gasteiger partial charge in [-0.15, -0.1) is 0 Å². The smallest absolute Gasteiger partial charge is 0.258 e. The highest BCUT2D eigenvalue weighted by Crippen LogP contribution is 2.27. The molecule has 74 valence electrons. The lowest BCUT2D eigenvalue weighted by Gasteiger charge is -1.98. The van der Waals surface area contributed by atoms with Gasteiger partial charge in [0.15, 0.2) is 0 Å². The van der Waals surface area contributed by atoms with E-state index in [9.17, 15) is 24.6 Å². The molecule has 14 heavy (non-hydrogen) atoms. The topological polar surface area (TPSA) is 86.3 Å². The van der Waals surface area contributed by atoms with Crippen molar-refractivity contribution < 1.29 is 14.2 Å². The van der Waals surface area contributed by atoms with E-state index in [0.717, 1.165) is 19.1 Å². The third-order valence-electron chi connectivity index (χ3n) is 1.73. The van der Waals surface area contributed by atoms with E-state index in [-0.39, 0.29) is 5.56 Å². The first kappa shape index (κ1) is 10.0. The normalized spacial score (nSPS) is 9.86. The summed E-state index contributed by atoms with van der Waals surface area (Å²) < 4.78 is 13.1. The van der Waals surface area contributed by atoms with Gasteiger partial charge in [0.2, 0.25) is 5.82 Å². The fraction of sp³-hybridized carbons (Fsp3) is 0.143. The van der Waals surface area contributed by atoms with Crippen LogP contribution in [0.15, 0.2) is 12.1 Å². The van der Waals surface area contributed by atoms with Crippen LogP contribution in [-0.2, 0) is 0 Å². The van der Waals surface area contributed by atoms with Gasteiger partial charge in [-0.05, 0) is 6.92 Å². The van der Waals surface area contributed by atoms with Gasteiger partial charge in [0.05, 0.1) is 15.4 Å². The van der Waals surface area contributed by atoms with E-state index >= 15 is 0 Å². The summed E-state index contributed by atoms with van der Waals surface area (Å²) in [5.41, 5.74) is -1.55. The predicted octanol–water partition coefficient (Wildman–Crippen LogP) is 1.95. The summed E-state index contributed by atoms with van der Waals surface area (Å²) >= 11 is 0. The molecule has 0 aromatic heterocycles. The highest BCUT2D eigenvalue weighted by atomic mass is 19.1. The molecule has 0 amide bonds. The van der Waals surface area contributed by atoms with E-state index in [4.69, 9.17) is 0 Å². The van der Waals surface area contributed by atoms with Gasteiger partial charge in [0.25, 0.3) is 5.69 Å². The number of nitrogens with zero attached hydrogens (tertiary/aromatic N) is 2. The summed E-state index contributed by atoms with van der Waals surface area (Å²) in [6.07, 6.45) is 0. The van der Waals surface area contributed by atoms with E-state index in [1.54, 1.807) is 0 Å². The van der Waals surface area contributed by atoms with E-state index in [2.05, 4.69) is 0 Å². The van der Waals surface area contributed by atoms with Crippen LogP contribution in [0.4, 0.5) is 15.8 Å². The van der Waals surface area contributed by atoms with Crippen molar-refractivity contribution in [3.05, 3.63) is 43.7 Å². The van der Waals surface area contributed by atoms with Crippen LogP contribution < -0.4 is 0 Å². The molecule has 0 aliphatic carbocycles. The Hall–Kier alpha value is -2.05. The van der Waals surface area contributed by atoms with Crippen molar-refractivity contribution >= 4 is 11.4 Å². The Labute approximate surface area is 77.3 Å². The molecule has 0 N–H and O–H groups in total. The second kappa shape index (κ2) is 3.36. The fourth-order valence-electron chi connectivity index (χ4n) is 0.999. The van der Waals surface area contributed by atoms with Crippen LogP contribution >= 0.6 is 0 Å². The van der Waals surface area contributed by atoms with Crippen LogP contribution in [-0.4, -0.2) is 9.85 Å². The largest absolute Gasteiger partial charge is 0.305 e. The molecule has 0 radical (unpaired) electrons. The maximum absolute atomic E-state index is 13.1. The maximum atomic E-state index is 13.1. The Kier molecular flexibility index (Phi) is 2.41. The molecule has 0 bridgehead atoms. The van der Waals surface area contributed by atoms with Crippen LogP contribution in [0.3, 0.4) is 0 Å². The molecule has 0 saturated heterocycles. The van der Waals surface area contributed by atoms with Crippen LogP contribution in [0.1, 0.15) is 5.56 Å². The fourth-order valence-corrected chi connectivity index (χ4v) is 0.999. The van der Waals surface area contributed by atoms with Crippen molar-refractivity contribution in [3.8, 4) is 0 Å². The Morgan fingerprint density at radius 3 is 2.00 bits per heavy atom. The number of halogens is 1. The number of nitro benzene ring substituents is 2. The molecule has 7 heteroatoms. The summed E-state index contributed by atoms with van der Waals surface area (Å²) in [6.45, 7) is 1.13. The van der Waals surface area contributed by atoms with Gasteiger partial charge in [-0.1, -0.05) is 0 Å². The van der Waals surface area contributed by atoms with Gasteiger partial charge in [0, 0.05) is 12.1 Å². The highest BCUT2D eigenvalue weighted by Gasteiger charge is 2.23. The monoisotopic (exact) mass is 200 g/mol. The van der Waals surface area contributed by atoms with E-state index < -0.39 is 27.0 Å². The molecular formula is C7H5FN2O4. The average Bonchev–Trinajstić information content (AvgIpc) is 2.08. The summed E-state index contributed by atoms with van der Waals surface area (Å²) in [5.74, 6) is -1.16. The Morgan fingerprint density at radius 2 is 1.57 bits per heavy atom. The van der Waals surface area contributed by atoms with Crippen molar-refractivity contribution in [3.63, 3.8) is 0 Å². The molecular weight excluding hydrogens is 195 g/mol. The van der Waals surface area contributed by atoms with Crippen molar-refractivity contribution in [1.82, 2.24) is 0 Å². The summed E-state index contributed by atoms with van der Waals surface area (Å²) in [4.78, 5) is 18.9. The van der Waals surface area contributed by atoms with Crippen molar-refractivity contribution in [1.29, 1.82) is 0 Å². The van der Waals surface area contributed by atoms with E-state index in [1.807, 2.05) is 0 Å². The van der Waals surface area contributed by atoms with Crippen LogP contribution in [0, 0.1) is 33.0 Å². The minimum Gasteiger partial charge on any atom is -0.258 e. The summed E-state index contributed by atoms with van der Waals surface area (Å²) in [6, 6.07) is 1.69. The van der Waals surface area contributed by atoms with Gasteiger partial charge in [-0.3, -0.25) is 20.2 Å². The van der Waals surface area contributed by atoms with Crippen LogP contribution in [0.5, 0.6) is 0 Å². The predicted molar refractivity (Wildman–Crippen MR) is 44.4 cm³/mol. The number of benzene rings is 1. The number of hydrogen-bond acceptors (Lipinski definition) is 4. The molecule has 0 fully saturated rings. The minimum atomic E-state index is -1.16. The molecule has 0 atom stereocenters. The number of nitro groups is 2. The third kappa shape index (κ3) is 1.51. The zero-order valence-corrected chi connectivity index (χ0v) is 7.06. The van der Waals surface area contributed by atoms with Gasteiger partial charge >= 0.3 is 5.69 Å². The van der Waals surface area contributed by atoms with E-state index in [0.29, 0.717) is 0 Å². The van der Waals surface area contributed by atoms with Crippen molar-refractivity contribution in [2.75, 3.05) is 0 Å². The minimum absolute atomic E-state index is 0.329. The average molecular weight is 200 g/mol. The van der Waals surface area contributed by atoms with Crippen molar-refractivity contribution in [2.45, 2.75) is 6.92 Å². The zero-order chi connectivity index (χ0) is 10.9. The first-order chi connectivity index (χ1) is 6.45. The third-order valence-corrected chi connectivity index (χ3v) is 1.73. The lowest BCUT2D eigenvalue weighted by atomic mass is 10.1. The molecule has 1 rings (SSSR count). The SMILES string of the molecule is Cc1c([N+](=O)[O-])ccc([N+](=O)[O-])c1F. The molecule has 0 spiro atoms. The first-order valence-corrected chi connectivity index (χ1v) is 3.53. The van der Waals surface area contributed by atoms with Gasteiger partial charge in [-0.2, -0.15) is 4.39 Å². The highest BCUT2D eigenvalue weighted by molar-refractivity contribution is 5.48. The zero-order valence-electron chi connectivity index (χ0n) is 7.06. The molecule has 1 aromatic carbocycles. The first-order valence-electron chi connectivity index (χ1n) is 3.53. The van der Waals surface area contributed by atoms with Crippen LogP contribution in [0.25, 0.3) is 0 Å². The molecule has 0 saturated carbocycles. The van der Waals surface area contributed by atoms with Gasteiger partial charge in [-0.25, -0.2) is 0 Å². The van der Waals surface area contributed by atoms with E-state index in [1.165, 1.54) is 0 Å². The Bertz CT molecular complexity index is 379. The van der Waals surface area contributed by atoms with Gasteiger partial charge in [0.1, 0.15) is 0 Å². The second-order valence-corrected chi connectivity index (χ2v) is 2.56. The molecule has 6 nitrogen and oxygen atoms in total. The second-order valence-electron chi connectivity index (χ2n) is 2.56. The molecule has 0 unspecified atom stereocenters. The number of rotatable bonds is 2. The quantitative estimate of drug-likeness (QED) is 0.539. The van der Waals surface area contributed by atoms with Crippen LogP contribution in [0.2, 0.25) is 0 Å². The molecule has 0 aliphatic heterocycles. The van der Waals surface area contributed by atoms with Crippen molar-refractivity contribution in [2.24, 2.45) is 0 Å². The molecule has 0 aliphatic rings. The lowest BCUT2D eigenvalue weighted by Crippen LogP contribution is -1.99.